The fourth-order valence-corrected chi connectivity index (χ4v) is 6.08. The average molecular weight is 445 g/mol. The Hall–Kier alpha value is -3.68. The maximum absolute atomic E-state index is 14.4. The summed E-state index contributed by atoms with van der Waals surface area (Å²) in [5.74, 6) is -1.15. The first-order chi connectivity index (χ1) is 15.8. The number of halogens is 2. The van der Waals surface area contributed by atoms with Crippen LogP contribution in [0.25, 0.3) is 22.5 Å². The van der Waals surface area contributed by atoms with Crippen molar-refractivity contribution in [3.8, 4) is 22.5 Å². The van der Waals surface area contributed by atoms with Gasteiger partial charge in [-0.05, 0) is 60.1 Å². The predicted octanol–water partition coefficient (Wildman–Crippen LogP) is 4.70. The van der Waals surface area contributed by atoms with Gasteiger partial charge in [0.1, 0.15) is 11.6 Å². The molecular weight excluding hydrogens is 424 g/mol. The molecule has 3 aromatic heterocycles. The SMILES string of the molecule is CC1(C)[C@H]2CC[C@]1(c1cc(-c3c[nH]c(=O)[nH]3)ccn1)c1nnc(-c3c(F)cccc3F)cc12. The number of nitrogens with zero attached hydrogens (tertiary/aromatic N) is 3. The van der Waals surface area contributed by atoms with Crippen LogP contribution in [0.15, 0.2) is 53.6 Å². The van der Waals surface area contributed by atoms with Gasteiger partial charge in [0.05, 0.1) is 33.8 Å². The van der Waals surface area contributed by atoms with Crippen molar-refractivity contribution < 1.29 is 8.78 Å². The largest absolute Gasteiger partial charge is 0.323 e. The summed E-state index contributed by atoms with van der Waals surface area (Å²) in [5, 5.41) is 8.83. The molecule has 8 heteroatoms. The minimum atomic E-state index is -0.656. The van der Waals surface area contributed by atoms with Gasteiger partial charge in [0, 0.05) is 18.0 Å². The number of fused-ring (bicyclic) bond motifs is 5. The Balaban J connectivity index is 1.53. The van der Waals surface area contributed by atoms with Crippen molar-refractivity contribution >= 4 is 0 Å². The molecule has 2 aliphatic carbocycles. The van der Waals surface area contributed by atoms with Crippen LogP contribution in [0, 0.1) is 17.0 Å². The van der Waals surface area contributed by atoms with Crippen LogP contribution in [-0.4, -0.2) is 25.1 Å². The third kappa shape index (κ3) is 2.57. The molecular formula is C25H21F2N5O. The van der Waals surface area contributed by atoms with E-state index in [0.29, 0.717) is 5.69 Å². The molecule has 2 N–H and O–H groups in total. The third-order valence-electron chi connectivity index (χ3n) is 7.71. The Morgan fingerprint density at radius 3 is 2.61 bits per heavy atom. The van der Waals surface area contributed by atoms with E-state index in [1.807, 2.05) is 12.1 Å². The van der Waals surface area contributed by atoms with E-state index in [2.05, 4.69) is 34.0 Å². The normalized spacial score (nSPS) is 22.5. The van der Waals surface area contributed by atoms with Gasteiger partial charge in [0.25, 0.3) is 0 Å². The lowest BCUT2D eigenvalue weighted by Gasteiger charge is -2.37. The molecule has 0 radical (unpaired) electrons. The summed E-state index contributed by atoms with van der Waals surface area (Å²) >= 11 is 0. The summed E-state index contributed by atoms with van der Waals surface area (Å²) in [6, 6.07) is 9.43. The van der Waals surface area contributed by atoms with Crippen molar-refractivity contribution in [1.82, 2.24) is 25.1 Å². The van der Waals surface area contributed by atoms with Crippen molar-refractivity contribution in [1.29, 1.82) is 0 Å². The molecule has 0 saturated heterocycles. The number of rotatable bonds is 3. The first kappa shape index (κ1) is 20.0. The fraction of sp³-hybridized carbons (Fsp3) is 0.280. The summed E-state index contributed by atoms with van der Waals surface area (Å²) in [6.45, 7) is 4.39. The summed E-state index contributed by atoms with van der Waals surface area (Å²) in [4.78, 5) is 21.8. The highest BCUT2D eigenvalue weighted by Gasteiger charge is 2.65. The maximum atomic E-state index is 14.4. The molecule has 6 nitrogen and oxygen atoms in total. The van der Waals surface area contributed by atoms with E-state index in [9.17, 15) is 13.6 Å². The molecule has 6 rings (SSSR count). The van der Waals surface area contributed by atoms with E-state index in [1.54, 1.807) is 18.5 Å². The molecule has 33 heavy (non-hydrogen) atoms. The van der Waals surface area contributed by atoms with Crippen LogP contribution < -0.4 is 5.69 Å². The Morgan fingerprint density at radius 2 is 1.88 bits per heavy atom. The van der Waals surface area contributed by atoms with Crippen LogP contribution in [0.4, 0.5) is 8.78 Å². The predicted molar refractivity (Wildman–Crippen MR) is 119 cm³/mol. The minimum Gasteiger partial charge on any atom is -0.312 e. The zero-order valence-corrected chi connectivity index (χ0v) is 18.1. The molecule has 166 valence electrons. The molecule has 1 saturated carbocycles. The quantitative estimate of drug-likeness (QED) is 0.478. The van der Waals surface area contributed by atoms with Gasteiger partial charge in [0.2, 0.25) is 0 Å². The average Bonchev–Trinajstić information content (AvgIpc) is 3.40. The van der Waals surface area contributed by atoms with Crippen molar-refractivity contribution in [2.75, 3.05) is 0 Å². The number of H-pyrrole nitrogens is 2. The Bertz CT molecular complexity index is 1450. The molecule has 2 bridgehead atoms. The number of nitrogens with one attached hydrogen (secondary N) is 2. The summed E-state index contributed by atoms with van der Waals surface area (Å²) in [5.41, 5.74) is 3.23. The molecule has 0 amide bonds. The lowest BCUT2D eigenvalue weighted by Crippen LogP contribution is -2.37. The van der Waals surface area contributed by atoms with Gasteiger partial charge in [0.15, 0.2) is 0 Å². The van der Waals surface area contributed by atoms with Gasteiger partial charge in [-0.2, -0.15) is 5.10 Å². The number of imidazole rings is 1. The van der Waals surface area contributed by atoms with Gasteiger partial charge >= 0.3 is 5.69 Å². The van der Waals surface area contributed by atoms with Crippen LogP contribution in [0.3, 0.4) is 0 Å². The number of pyridine rings is 1. The van der Waals surface area contributed by atoms with Gasteiger partial charge in [-0.25, -0.2) is 13.6 Å². The molecule has 2 aliphatic rings. The van der Waals surface area contributed by atoms with Crippen molar-refractivity contribution in [2.24, 2.45) is 5.41 Å². The first-order valence-corrected chi connectivity index (χ1v) is 10.9. The van der Waals surface area contributed by atoms with Crippen molar-refractivity contribution in [3.05, 3.63) is 87.9 Å². The molecule has 0 spiro atoms. The second-order valence-corrected chi connectivity index (χ2v) is 9.43. The van der Waals surface area contributed by atoms with Crippen LogP contribution in [0.2, 0.25) is 0 Å². The Labute approximate surface area is 188 Å². The Morgan fingerprint density at radius 1 is 1.09 bits per heavy atom. The lowest BCUT2D eigenvalue weighted by atomic mass is 9.66. The number of aromatic amines is 2. The van der Waals surface area contributed by atoms with Gasteiger partial charge < -0.3 is 9.97 Å². The highest BCUT2D eigenvalue weighted by Crippen LogP contribution is 2.69. The fourth-order valence-electron chi connectivity index (χ4n) is 6.08. The van der Waals surface area contributed by atoms with Crippen LogP contribution >= 0.6 is 0 Å². The number of hydrogen-bond acceptors (Lipinski definition) is 4. The van der Waals surface area contributed by atoms with Gasteiger partial charge in [-0.3, -0.25) is 4.98 Å². The summed E-state index contributed by atoms with van der Waals surface area (Å²) in [6.07, 6.45) is 5.14. The molecule has 3 heterocycles. The van der Waals surface area contributed by atoms with E-state index >= 15 is 0 Å². The Kier molecular flexibility index (Phi) is 4.03. The topological polar surface area (TPSA) is 87.3 Å². The smallest absolute Gasteiger partial charge is 0.312 e. The molecule has 0 aliphatic heterocycles. The van der Waals surface area contributed by atoms with Crippen molar-refractivity contribution in [3.63, 3.8) is 0 Å². The molecule has 1 aromatic carbocycles. The number of aromatic nitrogens is 5. The molecule has 2 atom stereocenters. The highest BCUT2D eigenvalue weighted by atomic mass is 19.1. The van der Waals surface area contributed by atoms with Crippen LogP contribution in [-0.2, 0) is 5.41 Å². The van der Waals surface area contributed by atoms with E-state index in [0.717, 1.165) is 35.4 Å². The third-order valence-corrected chi connectivity index (χ3v) is 7.71. The summed E-state index contributed by atoms with van der Waals surface area (Å²) < 4.78 is 28.9. The monoisotopic (exact) mass is 445 g/mol. The lowest BCUT2D eigenvalue weighted by molar-refractivity contribution is 0.243. The number of benzene rings is 1. The molecule has 4 aromatic rings. The standard InChI is InChI=1S/C25H21F2N5O/c1-24(2)15-6-8-25(24,20-10-13(7-9-28-20)19-12-29-23(33)30-19)22-14(15)11-18(31-32-22)21-16(26)4-3-5-17(21)27/h3-5,7,9-12,15H,6,8H2,1-2H3,(H2,29,30,33)/t15-,25-/m0/s1. The number of hydrogen-bond donors (Lipinski definition) is 2. The van der Waals surface area contributed by atoms with Crippen molar-refractivity contribution in [2.45, 2.75) is 38.0 Å². The molecule has 0 unspecified atom stereocenters. The van der Waals surface area contributed by atoms with E-state index in [4.69, 9.17) is 4.98 Å². The highest BCUT2D eigenvalue weighted by molar-refractivity contribution is 5.65. The first-order valence-electron chi connectivity index (χ1n) is 10.9. The maximum Gasteiger partial charge on any atom is 0.323 e. The zero-order chi connectivity index (χ0) is 23.0. The van der Waals surface area contributed by atoms with E-state index < -0.39 is 17.0 Å². The second-order valence-electron chi connectivity index (χ2n) is 9.43. The van der Waals surface area contributed by atoms with Crippen LogP contribution in [0.5, 0.6) is 0 Å². The second kappa shape index (κ2) is 6.66. The van der Waals surface area contributed by atoms with Gasteiger partial charge in [-0.15, -0.1) is 5.10 Å². The van der Waals surface area contributed by atoms with Crippen LogP contribution in [0.1, 0.15) is 49.6 Å². The molecule has 1 fully saturated rings. The van der Waals surface area contributed by atoms with E-state index in [1.165, 1.54) is 18.2 Å². The minimum absolute atomic E-state index is 0.154. The zero-order valence-electron chi connectivity index (χ0n) is 18.1. The van der Waals surface area contributed by atoms with E-state index in [-0.39, 0.29) is 28.3 Å². The summed E-state index contributed by atoms with van der Waals surface area (Å²) in [7, 11) is 0. The van der Waals surface area contributed by atoms with Gasteiger partial charge in [-0.1, -0.05) is 19.9 Å².